The van der Waals surface area contributed by atoms with Gasteiger partial charge in [-0.2, -0.15) is 5.10 Å². The molecule has 0 fully saturated rings. The summed E-state index contributed by atoms with van der Waals surface area (Å²) in [7, 11) is 0. The number of carbonyl (C=O) groups is 1. The summed E-state index contributed by atoms with van der Waals surface area (Å²) in [5, 5.41) is 3.64. The van der Waals surface area contributed by atoms with Crippen LogP contribution in [0.3, 0.4) is 0 Å². The molecule has 0 spiro atoms. The fourth-order valence-electron chi connectivity index (χ4n) is 0.429. The summed E-state index contributed by atoms with van der Waals surface area (Å²) >= 11 is 0. The highest BCUT2D eigenvalue weighted by Gasteiger charge is 1.93. The maximum Gasteiger partial charge on any atom is 0.176 e. The summed E-state index contributed by atoms with van der Waals surface area (Å²) in [6.07, 6.45) is 4.65. The molecule has 1 aliphatic rings. The van der Waals surface area contributed by atoms with E-state index in [9.17, 15) is 4.79 Å². The van der Waals surface area contributed by atoms with Gasteiger partial charge in [-0.05, 0) is 12.2 Å². The summed E-state index contributed by atoms with van der Waals surface area (Å²) in [5.41, 5.74) is 2.55. The monoisotopic (exact) mass is 110 g/mol. The van der Waals surface area contributed by atoms with Crippen molar-refractivity contribution in [3.05, 3.63) is 12.2 Å². The maximum atomic E-state index is 10.5. The highest BCUT2D eigenvalue weighted by Crippen LogP contribution is 1.77. The van der Waals surface area contributed by atoms with E-state index in [1.807, 2.05) is 0 Å². The van der Waals surface area contributed by atoms with Crippen molar-refractivity contribution in [3.63, 3.8) is 0 Å². The van der Waals surface area contributed by atoms with Crippen molar-refractivity contribution < 1.29 is 4.79 Å². The highest BCUT2D eigenvalue weighted by molar-refractivity contribution is 5.95. The van der Waals surface area contributed by atoms with Crippen LogP contribution in [0.25, 0.3) is 0 Å². The number of rotatable bonds is 0. The van der Waals surface area contributed by atoms with Crippen LogP contribution in [0.5, 0.6) is 0 Å². The van der Waals surface area contributed by atoms with Crippen LogP contribution >= 0.6 is 0 Å². The molecular weight excluding hydrogens is 104 g/mol. The number of nitrogens with zero attached hydrogens (tertiary/aromatic N) is 1. The maximum absolute atomic E-state index is 10.5. The van der Waals surface area contributed by atoms with E-state index >= 15 is 0 Å². The number of hydrazone groups is 1. The Labute approximate surface area is 47.1 Å². The van der Waals surface area contributed by atoms with Crippen molar-refractivity contribution in [1.29, 1.82) is 0 Å². The van der Waals surface area contributed by atoms with E-state index in [4.69, 9.17) is 0 Å². The second-order valence-corrected chi connectivity index (χ2v) is 1.44. The number of carbonyl (C=O) groups excluding carboxylic acids is 1. The normalized spacial score (nSPS) is 17.8. The topological polar surface area (TPSA) is 41.5 Å². The van der Waals surface area contributed by atoms with E-state index in [0.717, 1.165) is 0 Å². The molecule has 42 valence electrons. The molecule has 0 bridgehead atoms. The molecule has 1 aliphatic heterocycles. The van der Waals surface area contributed by atoms with Gasteiger partial charge < -0.3 is 5.43 Å². The van der Waals surface area contributed by atoms with Gasteiger partial charge >= 0.3 is 0 Å². The van der Waals surface area contributed by atoms with Crippen molar-refractivity contribution in [2.45, 2.75) is 0 Å². The van der Waals surface area contributed by atoms with Crippen molar-refractivity contribution in [1.82, 2.24) is 5.43 Å². The van der Waals surface area contributed by atoms with E-state index in [-0.39, 0.29) is 5.78 Å². The third-order valence-electron chi connectivity index (χ3n) is 0.787. The SMILES string of the molecule is O=C1C=CC=NNC1. The minimum Gasteiger partial charge on any atom is -0.302 e. The molecule has 0 atom stereocenters. The van der Waals surface area contributed by atoms with E-state index in [1.165, 1.54) is 6.08 Å². The van der Waals surface area contributed by atoms with E-state index in [2.05, 4.69) is 10.5 Å². The van der Waals surface area contributed by atoms with Crippen LogP contribution in [0, 0.1) is 0 Å². The van der Waals surface area contributed by atoms with Gasteiger partial charge in [-0.25, -0.2) is 0 Å². The fraction of sp³-hybridized carbons (Fsp3) is 0.200. The van der Waals surface area contributed by atoms with Crippen molar-refractivity contribution in [2.24, 2.45) is 5.10 Å². The second kappa shape index (κ2) is 2.26. The first-order valence-corrected chi connectivity index (χ1v) is 2.35. The molecule has 0 unspecified atom stereocenters. The lowest BCUT2D eigenvalue weighted by Crippen LogP contribution is -2.13. The number of hydrogen-bond donors (Lipinski definition) is 1. The van der Waals surface area contributed by atoms with Crippen LogP contribution in [0.4, 0.5) is 0 Å². The van der Waals surface area contributed by atoms with Crippen LogP contribution in [0.2, 0.25) is 0 Å². The van der Waals surface area contributed by atoms with Crippen LogP contribution < -0.4 is 5.43 Å². The van der Waals surface area contributed by atoms with Gasteiger partial charge in [-0.1, -0.05) is 0 Å². The average molecular weight is 110 g/mol. The molecule has 8 heavy (non-hydrogen) atoms. The zero-order valence-corrected chi connectivity index (χ0v) is 4.29. The van der Waals surface area contributed by atoms with Crippen LogP contribution in [-0.2, 0) is 4.79 Å². The van der Waals surface area contributed by atoms with Gasteiger partial charge in [-0.15, -0.1) is 0 Å². The van der Waals surface area contributed by atoms with Gasteiger partial charge in [0.25, 0.3) is 0 Å². The van der Waals surface area contributed by atoms with E-state index in [0.29, 0.717) is 6.54 Å². The number of nitrogens with one attached hydrogen (secondary N) is 1. The van der Waals surface area contributed by atoms with Crippen molar-refractivity contribution in [3.8, 4) is 0 Å². The predicted octanol–water partition coefficient (Wildman–Crippen LogP) is -0.299. The number of hydrogen-bond acceptors (Lipinski definition) is 3. The minimum atomic E-state index is 0.0579. The fourth-order valence-corrected chi connectivity index (χ4v) is 0.429. The molecule has 0 aromatic heterocycles. The Morgan fingerprint density at radius 1 is 1.75 bits per heavy atom. The number of ketones is 1. The highest BCUT2D eigenvalue weighted by atomic mass is 16.1. The molecule has 0 aromatic carbocycles. The smallest absolute Gasteiger partial charge is 0.176 e. The Hall–Kier alpha value is -1.12. The molecule has 0 saturated carbocycles. The third-order valence-corrected chi connectivity index (χ3v) is 0.787. The Bertz CT molecular complexity index is 149. The standard InChI is InChI=1S/C5H6N2O/c8-5-2-1-3-6-7-4-5/h1-3,7H,4H2. The summed E-state index contributed by atoms with van der Waals surface area (Å²) in [6.45, 7) is 0.312. The molecule has 0 radical (unpaired) electrons. The predicted molar refractivity (Wildman–Crippen MR) is 30.6 cm³/mol. The average Bonchev–Trinajstić information content (AvgIpc) is 1.94. The molecule has 1 heterocycles. The molecular formula is C5H6N2O. The quantitative estimate of drug-likeness (QED) is 0.465. The lowest BCUT2D eigenvalue weighted by Gasteiger charge is -1.88. The third kappa shape index (κ3) is 1.18. The molecule has 1 N–H and O–H groups in total. The van der Waals surface area contributed by atoms with Gasteiger partial charge in [0.05, 0.1) is 6.54 Å². The molecule has 3 nitrogen and oxygen atoms in total. The van der Waals surface area contributed by atoms with Gasteiger partial charge in [0.15, 0.2) is 5.78 Å². The first-order chi connectivity index (χ1) is 3.89. The first-order valence-electron chi connectivity index (χ1n) is 2.35. The Balaban J connectivity index is 2.58. The van der Waals surface area contributed by atoms with Gasteiger partial charge in [0.1, 0.15) is 0 Å². The molecule has 1 rings (SSSR count). The molecule has 0 saturated heterocycles. The Kier molecular flexibility index (Phi) is 1.42. The van der Waals surface area contributed by atoms with Crippen molar-refractivity contribution >= 4 is 12.0 Å². The zero-order chi connectivity index (χ0) is 5.82. The van der Waals surface area contributed by atoms with Crippen LogP contribution in [0.15, 0.2) is 17.3 Å². The minimum absolute atomic E-state index is 0.0579. The molecule has 0 aromatic rings. The van der Waals surface area contributed by atoms with Gasteiger partial charge in [0, 0.05) is 6.21 Å². The largest absolute Gasteiger partial charge is 0.302 e. The van der Waals surface area contributed by atoms with Crippen LogP contribution in [0.1, 0.15) is 0 Å². The first kappa shape index (κ1) is 5.03. The second-order valence-electron chi connectivity index (χ2n) is 1.44. The van der Waals surface area contributed by atoms with E-state index in [1.54, 1.807) is 12.3 Å². The summed E-state index contributed by atoms with van der Waals surface area (Å²) in [5.74, 6) is 0.0579. The number of allylic oxidation sites excluding steroid dienone is 1. The molecule has 0 amide bonds. The Morgan fingerprint density at radius 2 is 2.62 bits per heavy atom. The molecule has 0 aliphatic carbocycles. The molecule has 3 heteroatoms. The van der Waals surface area contributed by atoms with E-state index < -0.39 is 0 Å². The van der Waals surface area contributed by atoms with Gasteiger partial charge in [-0.3, -0.25) is 4.79 Å². The zero-order valence-electron chi connectivity index (χ0n) is 4.29. The summed E-state index contributed by atoms with van der Waals surface area (Å²) in [4.78, 5) is 10.5. The van der Waals surface area contributed by atoms with Crippen LogP contribution in [-0.4, -0.2) is 18.5 Å². The lowest BCUT2D eigenvalue weighted by atomic mass is 10.4. The summed E-state index contributed by atoms with van der Waals surface area (Å²) < 4.78 is 0. The Morgan fingerprint density at radius 3 is 3.50 bits per heavy atom. The lowest BCUT2D eigenvalue weighted by molar-refractivity contribution is -0.113. The van der Waals surface area contributed by atoms with Gasteiger partial charge in [0.2, 0.25) is 0 Å². The summed E-state index contributed by atoms with van der Waals surface area (Å²) in [6, 6.07) is 0. The van der Waals surface area contributed by atoms with Crippen molar-refractivity contribution in [2.75, 3.05) is 6.54 Å².